The van der Waals surface area contributed by atoms with Gasteiger partial charge in [0.05, 0.1) is 5.25 Å². The first kappa shape index (κ1) is 14.6. The van der Waals surface area contributed by atoms with Crippen LogP contribution in [0.1, 0.15) is 5.56 Å². The first-order chi connectivity index (χ1) is 9.74. The molecule has 0 saturated carbocycles. The van der Waals surface area contributed by atoms with Crippen LogP contribution in [0.15, 0.2) is 54.6 Å². The maximum atomic E-state index is 11.5. The van der Waals surface area contributed by atoms with Crippen LogP contribution in [0.4, 0.5) is 0 Å². The second-order valence-electron chi connectivity index (χ2n) is 4.47. The van der Waals surface area contributed by atoms with Gasteiger partial charge >= 0.3 is 0 Å². The molecule has 2 aromatic rings. The molecule has 0 heterocycles. The Bertz CT molecular complexity index is 572. The van der Waals surface area contributed by atoms with Gasteiger partial charge in [0.15, 0.2) is 0 Å². The van der Waals surface area contributed by atoms with E-state index in [0.717, 1.165) is 16.7 Å². The molecule has 2 N–H and O–H groups in total. The van der Waals surface area contributed by atoms with Crippen molar-refractivity contribution in [3.8, 4) is 11.1 Å². The van der Waals surface area contributed by atoms with Gasteiger partial charge in [-0.25, -0.2) is 5.48 Å². The Morgan fingerprint density at radius 1 is 1.15 bits per heavy atom. The van der Waals surface area contributed by atoms with Gasteiger partial charge in [0.1, 0.15) is 0 Å². The summed E-state index contributed by atoms with van der Waals surface area (Å²) in [5.74, 6) is -0.359. The number of carbonyl (C=O) groups excluding carboxylic acids is 1. The molecule has 0 aromatic heterocycles. The van der Waals surface area contributed by atoms with Crippen molar-refractivity contribution in [3.05, 3.63) is 60.2 Å². The third kappa shape index (κ3) is 3.62. The first-order valence-corrected chi connectivity index (χ1v) is 7.64. The van der Waals surface area contributed by atoms with E-state index >= 15 is 0 Å². The number of carbonyl (C=O) groups is 1. The molecule has 2 rings (SSSR count). The van der Waals surface area contributed by atoms with Crippen LogP contribution < -0.4 is 5.48 Å². The van der Waals surface area contributed by atoms with Gasteiger partial charge in [0.2, 0.25) is 0 Å². The maximum Gasteiger partial charge on any atom is 0.256 e. The smallest absolute Gasteiger partial charge is 0.256 e. The van der Waals surface area contributed by atoms with E-state index in [9.17, 15) is 4.79 Å². The average Bonchev–Trinajstić information content (AvgIpc) is 2.53. The van der Waals surface area contributed by atoms with Crippen molar-refractivity contribution in [2.24, 2.45) is 0 Å². The van der Waals surface area contributed by atoms with E-state index in [4.69, 9.17) is 5.21 Å². The quantitative estimate of drug-likeness (QED) is 0.656. The molecule has 20 heavy (non-hydrogen) atoms. The van der Waals surface area contributed by atoms with Gasteiger partial charge in [-0.2, -0.15) is 11.8 Å². The molecule has 0 fully saturated rings. The van der Waals surface area contributed by atoms with Crippen molar-refractivity contribution in [2.75, 3.05) is 6.26 Å². The molecule has 0 radical (unpaired) electrons. The van der Waals surface area contributed by atoms with Crippen molar-refractivity contribution >= 4 is 17.7 Å². The summed E-state index contributed by atoms with van der Waals surface area (Å²) >= 11 is 1.43. The molecule has 0 aliphatic rings. The lowest BCUT2D eigenvalue weighted by Crippen LogP contribution is -2.31. The van der Waals surface area contributed by atoms with Gasteiger partial charge in [0, 0.05) is 0 Å². The third-order valence-electron chi connectivity index (χ3n) is 3.14. The number of hydrogen-bond donors (Lipinski definition) is 2. The van der Waals surface area contributed by atoms with Gasteiger partial charge in [-0.3, -0.25) is 10.0 Å². The monoisotopic (exact) mass is 287 g/mol. The number of amides is 1. The van der Waals surface area contributed by atoms with Crippen LogP contribution >= 0.6 is 11.8 Å². The van der Waals surface area contributed by atoms with Crippen LogP contribution in [-0.4, -0.2) is 22.6 Å². The number of thioether (sulfide) groups is 1. The van der Waals surface area contributed by atoms with Gasteiger partial charge in [0.25, 0.3) is 5.91 Å². The van der Waals surface area contributed by atoms with Crippen molar-refractivity contribution in [1.82, 2.24) is 5.48 Å². The second-order valence-corrected chi connectivity index (χ2v) is 5.51. The van der Waals surface area contributed by atoms with Gasteiger partial charge < -0.3 is 0 Å². The average molecular weight is 287 g/mol. The lowest BCUT2D eigenvalue weighted by molar-refractivity contribution is -0.128. The number of nitrogens with one attached hydrogen (secondary N) is 1. The van der Waals surface area contributed by atoms with Gasteiger partial charge in [-0.1, -0.05) is 54.6 Å². The Hall–Kier alpha value is -1.78. The third-order valence-corrected chi connectivity index (χ3v) is 4.09. The van der Waals surface area contributed by atoms with E-state index in [1.165, 1.54) is 11.8 Å². The Morgan fingerprint density at radius 3 is 2.50 bits per heavy atom. The lowest BCUT2D eigenvalue weighted by atomic mass is 10.0. The Kier molecular flexibility index (Phi) is 5.21. The molecule has 1 atom stereocenters. The highest BCUT2D eigenvalue weighted by Crippen LogP contribution is 2.22. The Balaban J connectivity index is 2.20. The summed E-state index contributed by atoms with van der Waals surface area (Å²) in [5.41, 5.74) is 5.09. The summed E-state index contributed by atoms with van der Waals surface area (Å²) in [6, 6.07) is 18.3. The molecular formula is C16H17NO2S. The second kappa shape index (κ2) is 7.12. The van der Waals surface area contributed by atoms with Crippen molar-refractivity contribution in [1.29, 1.82) is 0 Å². The van der Waals surface area contributed by atoms with E-state index in [-0.39, 0.29) is 11.2 Å². The van der Waals surface area contributed by atoms with E-state index in [1.54, 1.807) is 5.48 Å². The van der Waals surface area contributed by atoms with Crippen LogP contribution in [0, 0.1) is 0 Å². The van der Waals surface area contributed by atoms with E-state index < -0.39 is 0 Å². The summed E-state index contributed by atoms with van der Waals surface area (Å²) in [6.45, 7) is 0. The zero-order chi connectivity index (χ0) is 14.4. The topological polar surface area (TPSA) is 49.3 Å². The fourth-order valence-electron chi connectivity index (χ4n) is 2.08. The number of rotatable bonds is 5. The van der Waals surface area contributed by atoms with E-state index in [0.29, 0.717) is 6.42 Å². The minimum atomic E-state index is -0.359. The summed E-state index contributed by atoms with van der Waals surface area (Å²) in [7, 11) is 0. The highest BCUT2D eigenvalue weighted by molar-refractivity contribution is 7.99. The molecular weight excluding hydrogens is 270 g/mol. The fraction of sp³-hybridized carbons (Fsp3) is 0.188. The highest BCUT2D eigenvalue weighted by atomic mass is 32.2. The van der Waals surface area contributed by atoms with E-state index in [2.05, 4.69) is 24.3 Å². The van der Waals surface area contributed by atoms with Crippen molar-refractivity contribution in [2.45, 2.75) is 11.7 Å². The molecule has 0 aliphatic heterocycles. The van der Waals surface area contributed by atoms with Crippen LogP contribution in [-0.2, 0) is 11.2 Å². The molecule has 4 heteroatoms. The molecule has 0 saturated heterocycles. The maximum absolute atomic E-state index is 11.5. The van der Waals surface area contributed by atoms with Crippen LogP contribution in [0.25, 0.3) is 11.1 Å². The lowest BCUT2D eigenvalue weighted by Gasteiger charge is -2.13. The van der Waals surface area contributed by atoms with Crippen LogP contribution in [0.2, 0.25) is 0 Å². The zero-order valence-corrected chi connectivity index (χ0v) is 12.1. The summed E-state index contributed by atoms with van der Waals surface area (Å²) in [4.78, 5) is 11.5. The minimum Gasteiger partial charge on any atom is -0.289 e. The number of benzene rings is 2. The Morgan fingerprint density at radius 2 is 1.85 bits per heavy atom. The minimum absolute atomic E-state index is 0.286. The van der Waals surface area contributed by atoms with Gasteiger partial charge in [-0.05, 0) is 29.4 Å². The molecule has 3 nitrogen and oxygen atoms in total. The molecule has 0 spiro atoms. The number of hydrogen-bond acceptors (Lipinski definition) is 3. The van der Waals surface area contributed by atoms with Gasteiger partial charge in [-0.15, -0.1) is 0 Å². The largest absolute Gasteiger partial charge is 0.289 e. The molecule has 1 amide bonds. The molecule has 104 valence electrons. The highest BCUT2D eigenvalue weighted by Gasteiger charge is 2.17. The van der Waals surface area contributed by atoms with E-state index in [1.807, 2.05) is 36.6 Å². The summed E-state index contributed by atoms with van der Waals surface area (Å²) in [6.07, 6.45) is 2.45. The normalized spacial score (nSPS) is 11.9. The van der Waals surface area contributed by atoms with Crippen LogP contribution in [0.3, 0.4) is 0 Å². The predicted molar refractivity (Wildman–Crippen MR) is 82.8 cm³/mol. The Labute approximate surface area is 123 Å². The fourth-order valence-corrected chi connectivity index (χ4v) is 2.70. The zero-order valence-electron chi connectivity index (χ0n) is 11.2. The molecule has 0 bridgehead atoms. The SMILES string of the molecule is CSC(Cc1cccc(-c2ccccc2)c1)C(=O)NO. The molecule has 2 aromatic carbocycles. The standard InChI is InChI=1S/C16H17NO2S/c1-20-15(16(18)17-19)11-12-6-5-9-14(10-12)13-7-3-2-4-8-13/h2-10,15,19H,11H2,1H3,(H,17,18). The van der Waals surface area contributed by atoms with Crippen LogP contribution in [0.5, 0.6) is 0 Å². The molecule has 0 aliphatic carbocycles. The molecule has 1 unspecified atom stereocenters. The first-order valence-electron chi connectivity index (χ1n) is 6.35. The predicted octanol–water partition coefficient (Wildman–Crippen LogP) is 3.13. The van der Waals surface area contributed by atoms with Crippen molar-refractivity contribution in [3.63, 3.8) is 0 Å². The van der Waals surface area contributed by atoms with Crippen molar-refractivity contribution < 1.29 is 10.0 Å². The summed E-state index contributed by atoms with van der Waals surface area (Å²) < 4.78 is 0. The summed E-state index contributed by atoms with van der Waals surface area (Å²) in [5, 5.41) is 8.45. The number of hydroxylamine groups is 1.